The molecule has 12 heteroatoms. The lowest BCUT2D eigenvalue weighted by Crippen LogP contribution is -2.37. The third-order valence-electron chi connectivity index (χ3n) is 8.55. The summed E-state index contributed by atoms with van der Waals surface area (Å²) in [6.45, 7) is 8.21. The molecule has 3 aromatic carbocycles. The molecule has 11 nitrogen and oxygen atoms in total. The van der Waals surface area contributed by atoms with Crippen molar-refractivity contribution < 1.29 is 44.3 Å². The fourth-order valence-corrected chi connectivity index (χ4v) is 6.23. The average molecular weight is 734 g/mol. The number of nitrogens with one attached hydrogen (secondary N) is 1. The SMILES string of the molecule is CC(C)C[C@H](N)[C@@H](O)CC(=O)O.CC(C)c1c(C(=O)Nc2ccccc2)c(-c2ccccc2)c(-c2ccc(F)cc2)n1CC[C@@H](O)C[C@@H](O)CC(=O)O. The molecule has 0 saturated heterocycles. The van der Waals surface area contributed by atoms with Crippen molar-refractivity contribution in [3.8, 4) is 22.4 Å². The van der Waals surface area contributed by atoms with E-state index in [1.54, 1.807) is 12.1 Å². The summed E-state index contributed by atoms with van der Waals surface area (Å²) in [5.74, 6) is -2.57. The Morgan fingerprint density at radius 1 is 0.755 bits per heavy atom. The van der Waals surface area contributed by atoms with Crippen LogP contribution in [0, 0.1) is 11.7 Å². The van der Waals surface area contributed by atoms with Crippen molar-refractivity contribution in [3.05, 3.63) is 102 Å². The first-order valence-electron chi connectivity index (χ1n) is 17.8. The third kappa shape index (κ3) is 12.9. The maximum atomic E-state index is 14.0. The number of nitrogens with zero attached hydrogens (tertiary/aromatic N) is 1. The van der Waals surface area contributed by atoms with E-state index in [1.165, 1.54) is 12.1 Å². The van der Waals surface area contributed by atoms with E-state index in [2.05, 4.69) is 5.32 Å². The number of hydrogen-bond donors (Lipinski definition) is 7. The molecule has 0 aliphatic rings. The van der Waals surface area contributed by atoms with Crippen molar-refractivity contribution in [1.82, 2.24) is 4.57 Å². The molecular formula is C41H52FN3O8. The van der Waals surface area contributed by atoms with Gasteiger partial charge < -0.3 is 41.2 Å². The van der Waals surface area contributed by atoms with Gasteiger partial charge in [-0.3, -0.25) is 14.4 Å². The van der Waals surface area contributed by atoms with Crippen LogP contribution >= 0.6 is 0 Å². The summed E-state index contributed by atoms with van der Waals surface area (Å²) < 4.78 is 16.0. The molecule has 53 heavy (non-hydrogen) atoms. The molecule has 0 bridgehead atoms. The van der Waals surface area contributed by atoms with Gasteiger partial charge in [0.05, 0.1) is 42.4 Å². The molecule has 0 aliphatic heterocycles. The zero-order valence-corrected chi connectivity index (χ0v) is 30.7. The summed E-state index contributed by atoms with van der Waals surface area (Å²) in [7, 11) is 0. The predicted molar refractivity (Wildman–Crippen MR) is 203 cm³/mol. The second-order valence-corrected chi connectivity index (χ2v) is 13.9. The van der Waals surface area contributed by atoms with E-state index in [4.69, 9.17) is 15.9 Å². The van der Waals surface area contributed by atoms with Crippen molar-refractivity contribution >= 4 is 23.5 Å². The number of aliphatic hydroxyl groups excluding tert-OH is 3. The van der Waals surface area contributed by atoms with Gasteiger partial charge in [0, 0.05) is 29.5 Å². The number of carbonyl (C=O) groups is 3. The monoisotopic (exact) mass is 733 g/mol. The van der Waals surface area contributed by atoms with Crippen LogP contribution in [0.25, 0.3) is 22.4 Å². The lowest BCUT2D eigenvalue weighted by molar-refractivity contribution is -0.140. The predicted octanol–water partition coefficient (Wildman–Crippen LogP) is 6.51. The number of nitrogens with two attached hydrogens (primary N) is 1. The topological polar surface area (TPSA) is 195 Å². The molecule has 0 fully saturated rings. The normalized spacial score (nSPS) is 13.5. The first-order chi connectivity index (χ1) is 25.1. The second-order valence-electron chi connectivity index (χ2n) is 13.9. The quantitative estimate of drug-likeness (QED) is 0.0633. The van der Waals surface area contributed by atoms with Crippen molar-refractivity contribution in [1.29, 1.82) is 0 Å². The van der Waals surface area contributed by atoms with Crippen molar-refractivity contribution in [2.45, 2.75) is 96.6 Å². The second kappa shape index (κ2) is 20.4. The van der Waals surface area contributed by atoms with Crippen LogP contribution in [-0.2, 0) is 16.1 Å². The maximum absolute atomic E-state index is 14.0. The number of anilines is 1. The number of carbonyl (C=O) groups excluding carboxylic acids is 1. The molecule has 1 aromatic heterocycles. The van der Waals surface area contributed by atoms with Crippen LogP contribution in [0.2, 0.25) is 0 Å². The number of rotatable bonds is 17. The van der Waals surface area contributed by atoms with Crippen LogP contribution in [0.15, 0.2) is 84.9 Å². The van der Waals surface area contributed by atoms with E-state index < -0.39 is 42.7 Å². The molecule has 1 heterocycles. The van der Waals surface area contributed by atoms with Gasteiger partial charge in [-0.25, -0.2) is 4.39 Å². The number of para-hydroxylation sites is 1. The smallest absolute Gasteiger partial charge is 0.306 e. The Hall–Kier alpha value is -4.88. The number of aliphatic hydroxyl groups is 3. The molecule has 0 aliphatic carbocycles. The molecule has 4 aromatic rings. The van der Waals surface area contributed by atoms with Crippen LogP contribution in [0.4, 0.5) is 10.1 Å². The minimum Gasteiger partial charge on any atom is -0.481 e. The van der Waals surface area contributed by atoms with E-state index >= 15 is 0 Å². The first kappa shape index (κ1) is 42.5. The molecule has 0 radical (unpaired) electrons. The van der Waals surface area contributed by atoms with Crippen LogP contribution in [0.3, 0.4) is 0 Å². The number of benzene rings is 3. The molecule has 0 saturated carbocycles. The number of aliphatic carboxylic acids is 2. The van der Waals surface area contributed by atoms with Crippen LogP contribution in [0.5, 0.6) is 0 Å². The summed E-state index contributed by atoms with van der Waals surface area (Å²) >= 11 is 0. The third-order valence-corrected chi connectivity index (χ3v) is 8.55. The highest BCUT2D eigenvalue weighted by molar-refractivity contribution is 6.12. The lowest BCUT2D eigenvalue weighted by Gasteiger charge is -2.20. The summed E-state index contributed by atoms with van der Waals surface area (Å²) in [6.07, 6.45) is -3.06. The minimum absolute atomic E-state index is 0.0939. The summed E-state index contributed by atoms with van der Waals surface area (Å²) in [4.78, 5) is 35.2. The van der Waals surface area contributed by atoms with Crippen molar-refractivity contribution in [3.63, 3.8) is 0 Å². The Morgan fingerprint density at radius 2 is 1.32 bits per heavy atom. The standard InChI is InChI=1S/C33H35FN2O5.C8H17NO3/c1-21(2)31-30(33(41)35-25-11-7-4-8-12-25)29(22-9-5-3-6-10-22)32(23-13-15-24(34)16-14-23)36(31)18-17-26(37)19-27(38)20-28(39)40;1-5(2)3-6(9)7(10)4-8(11)12/h3-16,21,26-27,37-38H,17-20H2,1-2H3,(H,35,41)(H,39,40);5-7,10H,3-4,9H2,1-2H3,(H,11,12)/t26-,27-;6-,7-/m10/s1. The van der Waals surface area contributed by atoms with Crippen LogP contribution < -0.4 is 11.1 Å². The Labute approximate surface area is 309 Å². The maximum Gasteiger partial charge on any atom is 0.306 e. The zero-order valence-electron chi connectivity index (χ0n) is 30.7. The summed E-state index contributed by atoms with van der Waals surface area (Å²) in [5.41, 5.74) is 10.3. The number of halogens is 1. The molecule has 4 atom stereocenters. The average Bonchev–Trinajstić information content (AvgIpc) is 3.43. The van der Waals surface area contributed by atoms with Crippen molar-refractivity contribution in [2.24, 2.45) is 11.7 Å². The minimum atomic E-state index is -1.18. The zero-order chi connectivity index (χ0) is 39.2. The highest BCUT2D eigenvalue weighted by atomic mass is 19.1. The Kier molecular flexibility index (Phi) is 16.4. The van der Waals surface area contributed by atoms with Gasteiger partial charge in [-0.2, -0.15) is 0 Å². The first-order valence-corrected chi connectivity index (χ1v) is 17.8. The lowest BCUT2D eigenvalue weighted by atomic mass is 9.94. The molecule has 0 spiro atoms. The van der Waals surface area contributed by atoms with Gasteiger partial charge in [0.1, 0.15) is 5.82 Å². The van der Waals surface area contributed by atoms with Gasteiger partial charge in [-0.05, 0) is 78.6 Å². The molecule has 8 N–H and O–H groups in total. The van der Waals surface area contributed by atoms with E-state index in [0.717, 1.165) is 11.3 Å². The summed E-state index contributed by atoms with van der Waals surface area (Å²) in [5, 5.41) is 50.4. The largest absolute Gasteiger partial charge is 0.481 e. The van der Waals surface area contributed by atoms with E-state index in [9.17, 15) is 34.1 Å². The molecule has 0 unspecified atom stereocenters. The van der Waals surface area contributed by atoms with E-state index in [1.807, 2.05) is 92.9 Å². The highest BCUT2D eigenvalue weighted by Gasteiger charge is 2.31. The van der Waals surface area contributed by atoms with E-state index in [-0.39, 0.29) is 43.4 Å². The molecular weight excluding hydrogens is 681 g/mol. The van der Waals surface area contributed by atoms with Gasteiger partial charge in [0.2, 0.25) is 0 Å². The molecule has 4 rings (SSSR count). The van der Waals surface area contributed by atoms with Gasteiger partial charge in [0.15, 0.2) is 0 Å². The van der Waals surface area contributed by atoms with E-state index in [0.29, 0.717) is 40.4 Å². The Bertz CT molecular complexity index is 1760. The fourth-order valence-electron chi connectivity index (χ4n) is 6.23. The number of amides is 1. The number of carboxylic acid groups (broad SMARTS) is 2. The van der Waals surface area contributed by atoms with Gasteiger partial charge in [0.25, 0.3) is 5.91 Å². The Morgan fingerprint density at radius 3 is 1.85 bits per heavy atom. The number of hydrogen-bond acceptors (Lipinski definition) is 7. The Balaban J connectivity index is 0.000000541. The van der Waals surface area contributed by atoms with Gasteiger partial charge >= 0.3 is 11.9 Å². The number of aromatic nitrogens is 1. The molecule has 286 valence electrons. The van der Waals surface area contributed by atoms with Gasteiger partial charge in [-0.15, -0.1) is 0 Å². The van der Waals surface area contributed by atoms with Crippen LogP contribution in [0.1, 0.15) is 81.8 Å². The van der Waals surface area contributed by atoms with Crippen LogP contribution in [-0.4, -0.2) is 72.3 Å². The molecule has 1 amide bonds. The van der Waals surface area contributed by atoms with Crippen molar-refractivity contribution in [2.75, 3.05) is 5.32 Å². The highest BCUT2D eigenvalue weighted by Crippen LogP contribution is 2.42. The summed E-state index contributed by atoms with van der Waals surface area (Å²) in [6, 6.07) is 24.3. The fraction of sp³-hybridized carbons (Fsp3) is 0.390. The van der Waals surface area contributed by atoms with Gasteiger partial charge in [-0.1, -0.05) is 76.2 Å². The number of carboxylic acids is 2.